The van der Waals surface area contributed by atoms with Gasteiger partial charge in [-0.15, -0.1) is 0 Å². The van der Waals surface area contributed by atoms with Crippen molar-refractivity contribution in [3.05, 3.63) is 0 Å². The van der Waals surface area contributed by atoms with E-state index >= 15 is 0 Å². The molecule has 0 N–H and O–H groups in total. The predicted octanol–water partition coefficient (Wildman–Crippen LogP) is -11.6. The first kappa shape index (κ1) is 51.6. The fraction of sp³-hybridized carbons (Fsp3) is 0. The maximum atomic E-state index is 8.62. The van der Waals surface area contributed by atoms with Gasteiger partial charge in [0.2, 0.25) is 0 Å². The van der Waals surface area contributed by atoms with Crippen LogP contribution >= 0.6 is 0 Å². The molecular formula is LiNbO18Ta6. The monoisotopic (exact) mass is 1470 g/mol. The van der Waals surface area contributed by atoms with E-state index in [2.05, 4.69) is 0 Å². The van der Waals surface area contributed by atoms with Crippen LogP contribution in [0.1, 0.15) is 0 Å². The molecule has 0 saturated heterocycles. The van der Waals surface area contributed by atoms with Gasteiger partial charge in [0.05, 0.1) is 0 Å². The van der Waals surface area contributed by atoms with Gasteiger partial charge in [0, 0.05) is 0 Å². The van der Waals surface area contributed by atoms with Gasteiger partial charge >= 0.3 is 215 Å². The first-order valence-electron chi connectivity index (χ1n) is 3.29. The van der Waals surface area contributed by atoms with Gasteiger partial charge in [-0.1, -0.05) is 0 Å². The molecule has 0 aliphatic rings. The molecule has 0 heterocycles. The third kappa shape index (κ3) is 1880. The van der Waals surface area contributed by atoms with E-state index in [0.717, 1.165) is 0 Å². The van der Waals surface area contributed by atoms with Crippen molar-refractivity contribution in [2.24, 2.45) is 0 Å². The van der Waals surface area contributed by atoms with Gasteiger partial charge in [0.1, 0.15) is 0 Å². The van der Waals surface area contributed by atoms with Crippen molar-refractivity contribution in [3.63, 3.8) is 0 Å². The van der Waals surface area contributed by atoms with Crippen molar-refractivity contribution < 1.29 is 215 Å². The summed E-state index contributed by atoms with van der Waals surface area (Å²) in [5.41, 5.74) is 0. The fourth-order valence-electron chi connectivity index (χ4n) is 0. The van der Waals surface area contributed by atoms with E-state index in [1.54, 1.807) is 0 Å². The van der Waals surface area contributed by atoms with Crippen molar-refractivity contribution in [3.8, 4) is 0 Å². The van der Waals surface area contributed by atoms with Crippen LogP contribution in [0.25, 0.3) is 0 Å². The summed E-state index contributed by atoms with van der Waals surface area (Å²) >= 11 is -26.1. The van der Waals surface area contributed by atoms with Gasteiger partial charge < -0.3 is 0 Å². The van der Waals surface area contributed by atoms with Crippen LogP contribution in [0.5, 0.6) is 0 Å². The molecule has 144 valence electrons. The second kappa shape index (κ2) is 46.4. The van der Waals surface area contributed by atoms with Crippen LogP contribution in [0.4, 0.5) is 0 Å². The molecule has 26 heteroatoms. The zero-order valence-corrected chi connectivity index (χ0v) is 33.0. The molecule has 0 rings (SSSR count). The average Bonchev–Trinajstić information content (AvgIpc) is 2.08. The molecule has 0 aliphatic heterocycles. The zero-order chi connectivity index (χ0) is 21.5. The summed E-state index contributed by atoms with van der Waals surface area (Å²) < 4.78 is 155. The molecule has 0 saturated carbocycles. The second-order valence-electron chi connectivity index (χ2n) is 1.34. The Kier molecular flexibility index (Phi) is 92.1. The van der Waals surface area contributed by atoms with Crippen LogP contribution < -0.4 is 40.5 Å². The summed E-state index contributed by atoms with van der Waals surface area (Å²) in [5, 5.41) is 0. The van der Waals surface area contributed by atoms with Crippen LogP contribution in [-0.2, 0) is 174 Å². The van der Waals surface area contributed by atoms with E-state index in [1.807, 2.05) is 0 Å². The summed E-state index contributed by atoms with van der Waals surface area (Å²) in [5.74, 6) is 0. The summed E-state index contributed by atoms with van der Waals surface area (Å²) in [7, 11) is 0. The van der Waals surface area contributed by atoms with Crippen LogP contribution in [-0.4, -0.2) is 0 Å². The third-order valence-electron chi connectivity index (χ3n) is 0. The predicted molar refractivity (Wildman–Crippen MR) is 8.24 cm³/mol. The Bertz CT molecular complexity index is 477. The van der Waals surface area contributed by atoms with Gasteiger partial charge in [-0.25, -0.2) is 0 Å². The Morgan fingerprint density at radius 2 is 0.308 bits per heavy atom. The zero-order valence-electron chi connectivity index (χ0n) is 11.5. The van der Waals surface area contributed by atoms with Crippen molar-refractivity contribution in [2.45, 2.75) is 0 Å². The number of hydrogen-bond donors (Lipinski definition) is 0. The summed E-state index contributed by atoms with van der Waals surface area (Å²) in [4.78, 5) is 0. The standard InChI is InChI=1S/Li.Nb.18O.6Ta/q+1;+5;;;;;;;;;;;;;6*-1;;;;;;. The Morgan fingerprint density at radius 3 is 0.308 bits per heavy atom. The van der Waals surface area contributed by atoms with Crippen LogP contribution in [0, 0.1) is 0 Å². The minimum absolute atomic E-state index is 0. The third-order valence-corrected chi connectivity index (χ3v) is 0. The van der Waals surface area contributed by atoms with Crippen LogP contribution in [0.3, 0.4) is 0 Å². The molecule has 0 aromatic carbocycles. The summed E-state index contributed by atoms with van der Waals surface area (Å²) in [6, 6.07) is 0. The van der Waals surface area contributed by atoms with Gasteiger partial charge in [-0.2, -0.15) is 0 Å². The average molecular weight is 1470 g/mol. The first-order valence-corrected chi connectivity index (χ1v) is 26.9. The van der Waals surface area contributed by atoms with Gasteiger partial charge in [0.15, 0.2) is 0 Å². The van der Waals surface area contributed by atoms with E-state index in [4.69, 9.17) is 60.7 Å². The minimum atomic E-state index is -4.34. The van der Waals surface area contributed by atoms with Crippen molar-refractivity contribution in [2.75, 3.05) is 0 Å². The molecule has 0 aromatic rings. The molecule has 0 spiro atoms. The van der Waals surface area contributed by atoms with Crippen molar-refractivity contribution >= 4 is 0 Å². The van der Waals surface area contributed by atoms with E-state index in [0.29, 0.717) is 0 Å². The molecule has 26 heavy (non-hydrogen) atoms. The van der Waals surface area contributed by atoms with E-state index in [9.17, 15) is 0 Å². The topological polar surface area (TPSA) is 343 Å². The molecule has 0 aliphatic carbocycles. The normalized spacial score (nSPS) is 5.77. The second-order valence-corrected chi connectivity index (χ2v) is 11.0. The van der Waals surface area contributed by atoms with E-state index in [1.165, 1.54) is 0 Å². The van der Waals surface area contributed by atoms with Gasteiger partial charge in [-0.3, -0.25) is 0 Å². The molecule has 0 radical (unpaired) electrons. The number of rotatable bonds is 0. The molecule has 0 aromatic heterocycles. The van der Waals surface area contributed by atoms with Crippen LogP contribution in [0.2, 0.25) is 0 Å². The van der Waals surface area contributed by atoms with E-state index < -0.39 is 113 Å². The van der Waals surface area contributed by atoms with E-state index in [-0.39, 0.29) is 41.2 Å². The SMILES string of the molecule is [Li+].[Nb+5].[O]=[Ta](=[O])[O-].[O]=[Ta](=[O])[O-].[O]=[Ta](=[O])[O-].[O]=[Ta](=[O])[O-].[O]=[Ta](=[O])[O-].[O]=[Ta](=[O])[O-]. The number of hydrogen-bond acceptors (Lipinski definition) is 18. The molecule has 0 fully saturated rings. The Morgan fingerprint density at radius 1 is 0.308 bits per heavy atom. The van der Waals surface area contributed by atoms with Crippen LogP contribution in [0.15, 0.2) is 0 Å². The molecule has 0 bridgehead atoms. The summed E-state index contributed by atoms with van der Waals surface area (Å²) in [6.45, 7) is 0. The van der Waals surface area contributed by atoms with Crippen molar-refractivity contribution in [1.29, 1.82) is 0 Å². The van der Waals surface area contributed by atoms with Crippen molar-refractivity contribution in [1.82, 2.24) is 0 Å². The maximum absolute atomic E-state index is 8.62. The Labute approximate surface area is 210 Å². The molecule has 0 atom stereocenters. The molecule has 18 nitrogen and oxygen atoms in total. The van der Waals surface area contributed by atoms with Gasteiger partial charge in [0.25, 0.3) is 0 Å². The Hall–Kier alpha value is 3.14. The quantitative estimate of drug-likeness (QED) is 0.203. The summed E-state index contributed by atoms with van der Waals surface area (Å²) in [6.07, 6.45) is 0. The fourth-order valence-corrected chi connectivity index (χ4v) is 0. The Balaban J connectivity index is -0.0000000245. The first-order chi connectivity index (χ1) is 10.4. The van der Waals surface area contributed by atoms with Gasteiger partial charge in [-0.05, 0) is 0 Å². The molecule has 0 unspecified atom stereocenters. The molecule has 0 amide bonds. The molecular weight excluding hydrogens is 1470 g/mol.